The molecule has 0 aromatic heterocycles. The smallest absolute Gasteiger partial charge is 0.272 e. The van der Waals surface area contributed by atoms with Gasteiger partial charge in [0, 0.05) is 22.4 Å². The van der Waals surface area contributed by atoms with Crippen LogP contribution in [0, 0.1) is 12.7 Å². The van der Waals surface area contributed by atoms with E-state index in [-0.39, 0.29) is 22.1 Å². The Balaban J connectivity index is 1.51. The first-order chi connectivity index (χ1) is 18.8. The van der Waals surface area contributed by atoms with Gasteiger partial charge in [0.1, 0.15) is 11.5 Å². The second-order valence-corrected chi connectivity index (χ2v) is 9.01. The summed E-state index contributed by atoms with van der Waals surface area (Å²) in [6, 6.07) is 26.6. The highest BCUT2D eigenvalue weighted by Gasteiger charge is 2.16. The number of carbonyl (C=O) groups excluding carboxylic acids is 3. The second kappa shape index (κ2) is 12.6. The molecular formula is C32H24ClFN2O3. The normalized spacial score (nSPS) is 11.3. The van der Waals surface area contributed by atoms with E-state index in [1.165, 1.54) is 30.4 Å². The second-order valence-electron chi connectivity index (χ2n) is 8.60. The highest BCUT2D eigenvalue weighted by atomic mass is 35.5. The number of benzene rings is 4. The van der Waals surface area contributed by atoms with E-state index in [9.17, 15) is 18.8 Å². The minimum atomic E-state index is -0.532. The number of amides is 2. The van der Waals surface area contributed by atoms with Crippen molar-refractivity contribution in [2.75, 3.05) is 5.32 Å². The van der Waals surface area contributed by atoms with Crippen LogP contribution in [0.25, 0.3) is 12.2 Å². The van der Waals surface area contributed by atoms with Crippen molar-refractivity contribution in [2.24, 2.45) is 0 Å². The van der Waals surface area contributed by atoms with Crippen LogP contribution in [0.15, 0.2) is 109 Å². The summed E-state index contributed by atoms with van der Waals surface area (Å²) in [4.78, 5) is 38.6. The monoisotopic (exact) mass is 538 g/mol. The lowest BCUT2D eigenvalue weighted by atomic mass is 10.1. The topological polar surface area (TPSA) is 75.3 Å². The Morgan fingerprint density at radius 2 is 1.49 bits per heavy atom. The Bertz CT molecular complexity index is 1560. The largest absolute Gasteiger partial charge is 0.321 e. The van der Waals surface area contributed by atoms with E-state index in [2.05, 4.69) is 10.6 Å². The van der Waals surface area contributed by atoms with E-state index in [0.717, 1.165) is 11.1 Å². The van der Waals surface area contributed by atoms with Gasteiger partial charge in [0.05, 0.1) is 5.02 Å². The molecule has 0 unspecified atom stereocenters. The summed E-state index contributed by atoms with van der Waals surface area (Å²) >= 11 is 6.01. The highest BCUT2D eigenvalue weighted by molar-refractivity contribution is 6.32. The van der Waals surface area contributed by atoms with E-state index in [4.69, 9.17) is 11.6 Å². The molecule has 0 fully saturated rings. The molecule has 4 aromatic rings. The number of halogens is 2. The van der Waals surface area contributed by atoms with Crippen LogP contribution in [0.3, 0.4) is 0 Å². The van der Waals surface area contributed by atoms with Gasteiger partial charge in [-0.05, 0) is 84.8 Å². The fourth-order valence-electron chi connectivity index (χ4n) is 3.69. The Labute approximate surface area is 230 Å². The molecule has 0 saturated heterocycles. The van der Waals surface area contributed by atoms with Gasteiger partial charge in [-0.25, -0.2) is 4.39 Å². The third kappa shape index (κ3) is 7.15. The van der Waals surface area contributed by atoms with Gasteiger partial charge in [-0.3, -0.25) is 14.4 Å². The molecule has 0 bridgehead atoms. The lowest BCUT2D eigenvalue weighted by molar-refractivity contribution is -0.113. The number of anilines is 1. The molecule has 0 atom stereocenters. The fourth-order valence-corrected chi connectivity index (χ4v) is 3.91. The van der Waals surface area contributed by atoms with Crippen LogP contribution in [-0.2, 0) is 4.79 Å². The summed E-state index contributed by atoms with van der Waals surface area (Å²) in [5.41, 5.74) is 3.06. The zero-order valence-corrected chi connectivity index (χ0v) is 21.7. The fraction of sp³-hybridized carbons (Fsp3) is 0.0312. The van der Waals surface area contributed by atoms with Crippen molar-refractivity contribution in [3.05, 3.63) is 147 Å². The van der Waals surface area contributed by atoms with E-state index < -0.39 is 17.6 Å². The van der Waals surface area contributed by atoms with Gasteiger partial charge < -0.3 is 10.6 Å². The first-order valence-corrected chi connectivity index (χ1v) is 12.4. The lowest BCUT2D eigenvalue weighted by Crippen LogP contribution is -2.30. The molecule has 0 heterocycles. The van der Waals surface area contributed by atoms with Gasteiger partial charge in [-0.15, -0.1) is 0 Å². The summed E-state index contributed by atoms with van der Waals surface area (Å²) < 4.78 is 14.0. The predicted molar refractivity (Wildman–Crippen MR) is 153 cm³/mol. The van der Waals surface area contributed by atoms with Crippen LogP contribution >= 0.6 is 11.6 Å². The summed E-state index contributed by atoms with van der Waals surface area (Å²) in [7, 11) is 0. The quantitative estimate of drug-likeness (QED) is 0.186. The molecular weight excluding hydrogens is 515 g/mol. The van der Waals surface area contributed by atoms with Gasteiger partial charge in [0.15, 0.2) is 5.78 Å². The Hall–Kier alpha value is -4.81. The molecule has 7 heteroatoms. The molecule has 2 N–H and O–H groups in total. The van der Waals surface area contributed by atoms with Crippen LogP contribution in [0.2, 0.25) is 5.02 Å². The van der Waals surface area contributed by atoms with E-state index in [1.54, 1.807) is 60.7 Å². The minimum absolute atomic E-state index is 0.0583. The molecule has 2 amide bonds. The van der Waals surface area contributed by atoms with Crippen molar-refractivity contribution < 1.29 is 18.8 Å². The van der Waals surface area contributed by atoms with Crippen molar-refractivity contribution in [1.82, 2.24) is 5.32 Å². The Kier molecular flexibility index (Phi) is 8.82. The molecule has 0 spiro atoms. The summed E-state index contributed by atoms with van der Waals surface area (Å²) in [6.45, 7) is 1.91. The van der Waals surface area contributed by atoms with Gasteiger partial charge in [0.2, 0.25) is 0 Å². The number of carbonyl (C=O) groups is 3. The van der Waals surface area contributed by atoms with Gasteiger partial charge in [0.25, 0.3) is 11.8 Å². The molecule has 0 radical (unpaired) electrons. The number of nitrogens with one attached hydrogen (secondary N) is 2. The lowest BCUT2D eigenvalue weighted by Gasteiger charge is -2.12. The Morgan fingerprint density at radius 1 is 0.795 bits per heavy atom. The van der Waals surface area contributed by atoms with Crippen molar-refractivity contribution in [3.8, 4) is 0 Å². The van der Waals surface area contributed by atoms with Gasteiger partial charge in [-0.1, -0.05) is 60.1 Å². The van der Waals surface area contributed by atoms with Crippen molar-refractivity contribution in [2.45, 2.75) is 6.92 Å². The van der Waals surface area contributed by atoms with Gasteiger partial charge in [-0.2, -0.15) is 0 Å². The van der Waals surface area contributed by atoms with Crippen molar-refractivity contribution in [3.63, 3.8) is 0 Å². The van der Waals surface area contributed by atoms with Crippen LogP contribution < -0.4 is 10.6 Å². The molecule has 0 saturated carbocycles. The number of ketones is 1. The first-order valence-electron chi connectivity index (χ1n) is 12.0. The highest BCUT2D eigenvalue weighted by Crippen LogP contribution is 2.21. The minimum Gasteiger partial charge on any atom is -0.321 e. The van der Waals surface area contributed by atoms with E-state index >= 15 is 0 Å². The average Bonchev–Trinajstić information content (AvgIpc) is 2.94. The van der Waals surface area contributed by atoms with Crippen LogP contribution in [0.1, 0.15) is 37.4 Å². The molecule has 4 aromatic carbocycles. The van der Waals surface area contributed by atoms with Crippen molar-refractivity contribution in [1.29, 1.82) is 0 Å². The molecule has 5 nitrogen and oxygen atoms in total. The van der Waals surface area contributed by atoms with Crippen LogP contribution in [0.4, 0.5) is 10.1 Å². The van der Waals surface area contributed by atoms with Gasteiger partial charge >= 0.3 is 0 Å². The van der Waals surface area contributed by atoms with E-state index in [0.29, 0.717) is 16.8 Å². The maximum atomic E-state index is 14.0. The molecule has 0 aliphatic rings. The summed E-state index contributed by atoms with van der Waals surface area (Å²) in [6.07, 6.45) is 4.18. The number of rotatable bonds is 8. The Morgan fingerprint density at radius 3 is 2.18 bits per heavy atom. The molecule has 194 valence electrons. The standard InChI is InChI=1S/C32H24ClFN2O3/c1-21-8-5-6-11-24(21)20-29(36-31(38)23-9-3-2-4-10-23)32(39)35-25-16-14-22(15-17-25)30(37)19-18-26-27(33)12-7-13-28(26)34/h2-20H,1H3,(H,35,39)(H,36,38)/b19-18+,29-20-. The third-order valence-corrected chi connectivity index (χ3v) is 6.18. The first kappa shape index (κ1) is 27.2. The number of allylic oxidation sites excluding steroid dienone is 1. The predicted octanol–water partition coefficient (Wildman–Crippen LogP) is 7.09. The summed E-state index contributed by atoms with van der Waals surface area (Å²) in [5, 5.41) is 5.66. The molecule has 4 rings (SSSR count). The molecule has 39 heavy (non-hydrogen) atoms. The van der Waals surface area contributed by atoms with Crippen molar-refractivity contribution >= 4 is 47.0 Å². The van der Waals surface area contributed by atoms with Crippen LogP contribution in [0.5, 0.6) is 0 Å². The number of hydrogen-bond donors (Lipinski definition) is 2. The summed E-state index contributed by atoms with van der Waals surface area (Å²) in [5.74, 6) is -1.84. The SMILES string of the molecule is Cc1ccccc1/C=C(\NC(=O)c1ccccc1)C(=O)Nc1ccc(C(=O)/C=C/c2c(F)cccc2Cl)cc1. The zero-order chi connectivity index (χ0) is 27.8. The average molecular weight is 539 g/mol. The number of aryl methyl sites for hydroxylation is 1. The van der Waals surface area contributed by atoms with Crippen LogP contribution in [-0.4, -0.2) is 17.6 Å². The van der Waals surface area contributed by atoms with E-state index in [1.807, 2.05) is 31.2 Å². The molecule has 0 aliphatic heterocycles. The maximum absolute atomic E-state index is 14.0. The maximum Gasteiger partial charge on any atom is 0.272 e. The molecule has 0 aliphatic carbocycles. The third-order valence-electron chi connectivity index (χ3n) is 5.85. The zero-order valence-electron chi connectivity index (χ0n) is 21.0. The number of hydrogen-bond acceptors (Lipinski definition) is 3.